The molecule has 0 saturated heterocycles. The van der Waals surface area contributed by atoms with E-state index in [1.165, 1.54) is 12.1 Å². The Morgan fingerprint density at radius 2 is 2.05 bits per heavy atom. The van der Waals surface area contributed by atoms with E-state index in [1.807, 2.05) is 27.7 Å². The van der Waals surface area contributed by atoms with Crippen molar-refractivity contribution in [3.63, 3.8) is 0 Å². The maximum Gasteiger partial charge on any atom is 0.126 e. The minimum atomic E-state index is -0.279. The average Bonchev–Trinajstić information content (AvgIpc) is 2.39. The van der Waals surface area contributed by atoms with Gasteiger partial charge in [0.25, 0.3) is 0 Å². The Bertz CT molecular complexity index is 421. The van der Waals surface area contributed by atoms with Crippen molar-refractivity contribution in [3.8, 4) is 5.75 Å². The lowest BCUT2D eigenvalue weighted by atomic mass is 10.1. The first-order valence-electron chi connectivity index (χ1n) is 7.10. The Morgan fingerprint density at radius 1 is 1.35 bits per heavy atom. The van der Waals surface area contributed by atoms with E-state index in [-0.39, 0.29) is 17.5 Å². The third kappa shape index (κ3) is 5.10. The quantitative estimate of drug-likeness (QED) is 0.789. The Hall–Kier alpha value is -1.13. The summed E-state index contributed by atoms with van der Waals surface area (Å²) >= 11 is 0. The first-order chi connectivity index (χ1) is 9.39. The molecule has 0 aliphatic heterocycles. The van der Waals surface area contributed by atoms with E-state index < -0.39 is 0 Å². The van der Waals surface area contributed by atoms with Crippen molar-refractivity contribution in [2.24, 2.45) is 0 Å². The minimum absolute atomic E-state index is 0.131. The fourth-order valence-corrected chi connectivity index (χ4v) is 1.92. The molecule has 1 aromatic rings. The number of halogens is 1. The Kier molecular flexibility index (Phi) is 6.43. The number of hydrogen-bond acceptors (Lipinski definition) is 3. The lowest BCUT2D eigenvalue weighted by molar-refractivity contribution is 0.00533. The standard InChI is InChI=1S/C16H26FNO2/c1-6-18-12(2)14-8-7-13(17)11-15(14)20-10-9-16(3,4)19-5/h7-8,11-12,18H,6,9-10H2,1-5H3. The monoisotopic (exact) mass is 283 g/mol. The van der Waals surface area contributed by atoms with E-state index in [4.69, 9.17) is 9.47 Å². The molecule has 20 heavy (non-hydrogen) atoms. The first kappa shape index (κ1) is 16.9. The zero-order valence-electron chi connectivity index (χ0n) is 13.1. The van der Waals surface area contributed by atoms with Crippen LogP contribution in [0.4, 0.5) is 4.39 Å². The van der Waals surface area contributed by atoms with Crippen LogP contribution in [0.25, 0.3) is 0 Å². The molecule has 1 rings (SSSR count). The highest BCUT2D eigenvalue weighted by Gasteiger charge is 2.17. The van der Waals surface area contributed by atoms with Crippen LogP contribution in [0.15, 0.2) is 18.2 Å². The van der Waals surface area contributed by atoms with Gasteiger partial charge in [-0.3, -0.25) is 0 Å². The number of benzene rings is 1. The molecular weight excluding hydrogens is 257 g/mol. The first-order valence-corrected chi connectivity index (χ1v) is 7.10. The molecule has 0 aliphatic rings. The summed E-state index contributed by atoms with van der Waals surface area (Å²) in [7, 11) is 1.68. The van der Waals surface area contributed by atoms with Crippen LogP contribution >= 0.6 is 0 Å². The summed E-state index contributed by atoms with van der Waals surface area (Å²) in [5.74, 6) is 0.323. The molecule has 0 fully saturated rings. The van der Waals surface area contributed by atoms with Crippen molar-refractivity contribution >= 4 is 0 Å². The summed E-state index contributed by atoms with van der Waals surface area (Å²) in [6.07, 6.45) is 0.745. The summed E-state index contributed by atoms with van der Waals surface area (Å²) < 4.78 is 24.5. The van der Waals surface area contributed by atoms with Gasteiger partial charge in [0.2, 0.25) is 0 Å². The van der Waals surface area contributed by atoms with Crippen LogP contribution in [0.5, 0.6) is 5.75 Å². The van der Waals surface area contributed by atoms with E-state index in [0.29, 0.717) is 12.4 Å². The van der Waals surface area contributed by atoms with Crippen molar-refractivity contribution < 1.29 is 13.9 Å². The highest BCUT2D eigenvalue weighted by atomic mass is 19.1. The molecule has 0 radical (unpaired) electrons. The molecule has 1 atom stereocenters. The number of hydrogen-bond donors (Lipinski definition) is 1. The second-order valence-corrected chi connectivity index (χ2v) is 5.52. The van der Waals surface area contributed by atoms with Crippen molar-refractivity contribution in [3.05, 3.63) is 29.6 Å². The topological polar surface area (TPSA) is 30.5 Å². The summed E-state index contributed by atoms with van der Waals surface area (Å²) in [5.41, 5.74) is 0.740. The zero-order valence-corrected chi connectivity index (χ0v) is 13.1. The third-order valence-electron chi connectivity index (χ3n) is 3.47. The van der Waals surface area contributed by atoms with Gasteiger partial charge in [0.05, 0.1) is 12.2 Å². The molecule has 3 nitrogen and oxygen atoms in total. The molecule has 0 bridgehead atoms. The lowest BCUT2D eigenvalue weighted by Crippen LogP contribution is -2.25. The number of nitrogens with one attached hydrogen (secondary N) is 1. The van der Waals surface area contributed by atoms with Gasteiger partial charge < -0.3 is 14.8 Å². The predicted molar refractivity (Wildman–Crippen MR) is 79.7 cm³/mol. The highest BCUT2D eigenvalue weighted by molar-refractivity contribution is 5.36. The van der Waals surface area contributed by atoms with Gasteiger partial charge in [-0.1, -0.05) is 13.0 Å². The van der Waals surface area contributed by atoms with Crippen molar-refractivity contribution in [1.29, 1.82) is 0 Å². The molecule has 0 aliphatic carbocycles. The van der Waals surface area contributed by atoms with Crippen LogP contribution in [-0.4, -0.2) is 25.9 Å². The number of rotatable bonds is 8. The maximum atomic E-state index is 13.4. The highest BCUT2D eigenvalue weighted by Crippen LogP contribution is 2.27. The fraction of sp³-hybridized carbons (Fsp3) is 0.625. The normalized spacial score (nSPS) is 13.3. The average molecular weight is 283 g/mol. The van der Waals surface area contributed by atoms with Gasteiger partial charge in [-0.15, -0.1) is 0 Å². The molecule has 0 saturated carbocycles. The number of methoxy groups -OCH3 is 1. The van der Waals surface area contributed by atoms with Crippen LogP contribution in [0.3, 0.4) is 0 Å². The van der Waals surface area contributed by atoms with E-state index in [2.05, 4.69) is 5.32 Å². The second kappa shape index (κ2) is 7.60. The van der Waals surface area contributed by atoms with Gasteiger partial charge >= 0.3 is 0 Å². The Morgan fingerprint density at radius 3 is 2.65 bits per heavy atom. The van der Waals surface area contributed by atoms with Gasteiger partial charge in [0, 0.05) is 31.2 Å². The number of ether oxygens (including phenoxy) is 2. The summed E-state index contributed by atoms with van der Waals surface area (Å²) in [5, 5.41) is 3.31. The van der Waals surface area contributed by atoms with Crippen molar-refractivity contribution in [2.45, 2.75) is 45.8 Å². The maximum absolute atomic E-state index is 13.4. The molecule has 0 aromatic heterocycles. The molecule has 0 amide bonds. The van der Waals surface area contributed by atoms with E-state index >= 15 is 0 Å². The summed E-state index contributed by atoms with van der Waals surface area (Å²) in [6.45, 7) is 9.45. The summed E-state index contributed by atoms with van der Waals surface area (Å²) in [4.78, 5) is 0. The molecule has 1 aromatic carbocycles. The van der Waals surface area contributed by atoms with Crippen LogP contribution in [0.1, 0.15) is 45.7 Å². The van der Waals surface area contributed by atoms with E-state index in [0.717, 1.165) is 18.5 Å². The fourth-order valence-electron chi connectivity index (χ4n) is 1.92. The molecular formula is C16H26FNO2. The van der Waals surface area contributed by atoms with Gasteiger partial charge in [-0.05, 0) is 33.4 Å². The SMILES string of the molecule is CCNC(C)c1ccc(F)cc1OCCC(C)(C)OC. The molecule has 0 heterocycles. The van der Waals surface area contributed by atoms with Gasteiger partial charge in [-0.2, -0.15) is 0 Å². The molecule has 1 unspecified atom stereocenters. The molecule has 4 heteroatoms. The molecule has 1 N–H and O–H groups in total. The minimum Gasteiger partial charge on any atom is -0.493 e. The zero-order chi connectivity index (χ0) is 15.2. The van der Waals surface area contributed by atoms with E-state index in [9.17, 15) is 4.39 Å². The molecule has 0 spiro atoms. The van der Waals surface area contributed by atoms with Crippen molar-refractivity contribution in [2.75, 3.05) is 20.3 Å². The summed E-state index contributed by atoms with van der Waals surface area (Å²) in [6, 6.07) is 4.82. The van der Waals surface area contributed by atoms with Gasteiger partial charge in [0.15, 0.2) is 0 Å². The van der Waals surface area contributed by atoms with Crippen LogP contribution < -0.4 is 10.1 Å². The Balaban J connectivity index is 2.74. The second-order valence-electron chi connectivity index (χ2n) is 5.52. The van der Waals surface area contributed by atoms with Crippen LogP contribution in [0, 0.1) is 5.82 Å². The predicted octanol–water partition coefficient (Wildman–Crippen LogP) is 3.69. The molecule has 114 valence electrons. The Labute approximate surface area is 121 Å². The van der Waals surface area contributed by atoms with Crippen LogP contribution in [0.2, 0.25) is 0 Å². The van der Waals surface area contributed by atoms with Gasteiger partial charge in [-0.25, -0.2) is 4.39 Å². The third-order valence-corrected chi connectivity index (χ3v) is 3.47. The van der Waals surface area contributed by atoms with Gasteiger partial charge in [0.1, 0.15) is 11.6 Å². The smallest absolute Gasteiger partial charge is 0.126 e. The van der Waals surface area contributed by atoms with Crippen molar-refractivity contribution in [1.82, 2.24) is 5.32 Å². The largest absolute Gasteiger partial charge is 0.493 e. The lowest BCUT2D eigenvalue weighted by Gasteiger charge is -2.24. The van der Waals surface area contributed by atoms with Crippen LogP contribution in [-0.2, 0) is 4.74 Å². The van der Waals surface area contributed by atoms with E-state index in [1.54, 1.807) is 13.2 Å².